The Balaban J connectivity index is 1.27. The molecule has 1 aromatic rings. The lowest BCUT2D eigenvalue weighted by Gasteiger charge is -2.36. The van der Waals surface area contributed by atoms with Gasteiger partial charge in [0.05, 0.1) is 6.10 Å². The van der Waals surface area contributed by atoms with Crippen LogP contribution in [0.15, 0.2) is 24.3 Å². The van der Waals surface area contributed by atoms with Crippen LogP contribution in [0.3, 0.4) is 0 Å². The number of piperazine rings is 1. The van der Waals surface area contributed by atoms with E-state index in [9.17, 15) is 14.4 Å². The van der Waals surface area contributed by atoms with Crippen LogP contribution in [-0.4, -0.2) is 91.5 Å². The van der Waals surface area contributed by atoms with Crippen molar-refractivity contribution >= 4 is 23.3 Å². The van der Waals surface area contributed by atoms with Crippen LogP contribution in [0, 0.1) is 11.8 Å². The highest BCUT2D eigenvalue weighted by molar-refractivity contribution is 5.99. The van der Waals surface area contributed by atoms with Crippen LogP contribution in [0.4, 0.5) is 5.69 Å². The molecule has 1 aromatic carbocycles. The van der Waals surface area contributed by atoms with Crippen molar-refractivity contribution in [2.45, 2.75) is 70.6 Å². The molecule has 8 nitrogen and oxygen atoms in total. The first-order chi connectivity index (χ1) is 18.0. The first-order valence-corrected chi connectivity index (χ1v) is 14.3. The third-order valence-corrected chi connectivity index (χ3v) is 8.93. The summed E-state index contributed by atoms with van der Waals surface area (Å²) in [5.74, 6) is -0.0895. The molecule has 0 bridgehead atoms. The van der Waals surface area contributed by atoms with Crippen LogP contribution in [0.2, 0.25) is 0 Å². The van der Waals surface area contributed by atoms with E-state index >= 15 is 0 Å². The molecule has 3 saturated heterocycles. The van der Waals surface area contributed by atoms with Crippen molar-refractivity contribution in [3.63, 3.8) is 0 Å². The minimum absolute atomic E-state index is 0.0167. The molecule has 202 valence electrons. The normalized spacial score (nSPS) is 27.5. The van der Waals surface area contributed by atoms with Crippen molar-refractivity contribution in [3.8, 4) is 0 Å². The SMILES string of the molecule is CCCN1CCN(c2ccc(C(=O)NC(C(=O)N3CC(CC)[C@H]4OCC(=O)[C@H]43)C3CCCC3)cc2)CC1. The number of amides is 2. The summed E-state index contributed by atoms with van der Waals surface area (Å²) in [4.78, 5) is 46.4. The van der Waals surface area contributed by atoms with Gasteiger partial charge in [0, 0.05) is 49.9 Å². The van der Waals surface area contributed by atoms with Gasteiger partial charge in [0.1, 0.15) is 18.7 Å². The molecule has 1 N–H and O–H groups in total. The number of hydrogen-bond donors (Lipinski definition) is 1. The molecular formula is C29H42N4O4. The number of nitrogens with one attached hydrogen (secondary N) is 1. The van der Waals surface area contributed by atoms with E-state index in [0.29, 0.717) is 12.1 Å². The minimum Gasteiger partial charge on any atom is -0.369 e. The number of fused-ring (bicyclic) bond motifs is 1. The summed E-state index contributed by atoms with van der Waals surface area (Å²) < 4.78 is 5.77. The van der Waals surface area contributed by atoms with E-state index < -0.39 is 12.1 Å². The largest absolute Gasteiger partial charge is 0.369 e. The van der Waals surface area contributed by atoms with E-state index in [4.69, 9.17) is 4.74 Å². The molecule has 1 saturated carbocycles. The van der Waals surface area contributed by atoms with Crippen molar-refractivity contribution < 1.29 is 19.1 Å². The second kappa shape index (κ2) is 11.5. The number of hydrogen-bond acceptors (Lipinski definition) is 6. The number of carbonyl (C=O) groups excluding carboxylic acids is 3. The van der Waals surface area contributed by atoms with Crippen LogP contribution < -0.4 is 10.2 Å². The Morgan fingerprint density at radius 3 is 2.41 bits per heavy atom. The van der Waals surface area contributed by atoms with E-state index in [0.717, 1.165) is 70.5 Å². The predicted octanol–water partition coefficient (Wildman–Crippen LogP) is 2.71. The molecule has 0 aromatic heterocycles. The average molecular weight is 511 g/mol. The molecule has 4 fully saturated rings. The Morgan fingerprint density at radius 2 is 1.76 bits per heavy atom. The monoisotopic (exact) mass is 510 g/mol. The Bertz CT molecular complexity index is 969. The Morgan fingerprint density at radius 1 is 1.05 bits per heavy atom. The molecule has 5 rings (SSSR count). The molecule has 3 heterocycles. The van der Waals surface area contributed by atoms with E-state index in [2.05, 4.69) is 29.0 Å². The number of rotatable bonds is 8. The Labute approximate surface area is 220 Å². The van der Waals surface area contributed by atoms with Crippen molar-refractivity contribution in [1.82, 2.24) is 15.1 Å². The summed E-state index contributed by atoms with van der Waals surface area (Å²) in [6.07, 6.45) is 5.80. The minimum atomic E-state index is -0.606. The lowest BCUT2D eigenvalue weighted by atomic mass is 9.95. The van der Waals surface area contributed by atoms with Crippen molar-refractivity contribution in [2.75, 3.05) is 50.8 Å². The van der Waals surface area contributed by atoms with Crippen molar-refractivity contribution in [2.24, 2.45) is 11.8 Å². The summed E-state index contributed by atoms with van der Waals surface area (Å²) in [5.41, 5.74) is 1.69. The summed E-state index contributed by atoms with van der Waals surface area (Å²) in [6, 6.07) is 6.66. The Hall–Kier alpha value is -2.45. The molecule has 3 aliphatic heterocycles. The van der Waals surface area contributed by atoms with Crippen LogP contribution in [-0.2, 0) is 14.3 Å². The molecule has 2 amide bonds. The molecule has 8 heteroatoms. The number of anilines is 1. The van der Waals surface area contributed by atoms with E-state index in [1.54, 1.807) is 4.90 Å². The molecule has 37 heavy (non-hydrogen) atoms. The molecule has 0 radical (unpaired) electrons. The van der Waals surface area contributed by atoms with Gasteiger partial charge in [0.15, 0.2) is 5.78 Å². The Kier molecular flexibility index (Phi) is 8.15. The predicted molar refractivity (Wildman–Crippen MR) is 143 cm³/mol. The van der Waals surface area contributed by atoms with Gasteiger partial charge in [-0.2, -0.15) is 0 Å². The maximum Gasteiger partial charge on any atom is 0.251 e. The third kappa shape index (κ3) is 5.41. The summed E-state index contributed by atoms with van der Waals surface area (Å²) in [5, 5.41) is 3.10. The van der Waals surface area contributed by atoms with Crippen LogP contribution >= 0.6 is 0 Å². The fourth-order valence-corrected chi connectivity index (χ4v) is 6.79. The van der Waals surface area contributed by atoms with Crippen molar-refractivity contribution in [3.05, 3.63) is 29.8 Å². The van der Waals surface area contributed by atoms with Gasteiger partial charge < -0.3 is 19.9 Å². The standard InChI is InChI=1S/C29H42N4O4/c1-3-13-31-14-16-32(17-15-31)23-11-9-22(10-12-23)28(35)30-25(21-7-5-6-8-21)29(36)33-18-20(4-2)27-26(33)24(34)19-37-27/h9-12,20-21,25-27H,3-8,13-19H2,1-2H3,(H,30,35)/t20?,25?,26-,27-/m1/s1. The van der Waals surface area contributed by atoms with E-state index in [-0.39, 0.29) is 42.1 Å². The smallest absolute Gasteiger partial charge is 0.251 e. The van der Waals surface area contributed by atoms with Gasteiger partial charge >= 0.3 is 0 Å². The van der Waals surface area contributed by atoms with Gasteiger partial charge in [0.2, 0.25) is 5.91 Å². The van der Waals surface area contributed by atoms with Gasteiger partial charge in [-0.1, -0.05) is 26.7 Å². The van der Waals surface area contributed by atoms with Crippen molar-refractivity contribution in [1.29, 1.82) is 0 Å². The van der Waals surface area contributed by atoms with Crippen LogP contribution in [0.25, 0.3) is 0 Å². The van der Waals surface area contributed by atoms with E-state index in [1.807, 2.05) is 24.3 Å². The first-order valence-electron chi connectivity index (χ1n) is 14.3. The lowest BCUT2D eigenvalue weighted by molar-refractivity contribution is -0.139. The number of ketones is 1. The first kappa shape index (κ1) is 26.2. The maximum atomic E-state index is 13.9. The quantitative estimate of drug-likeness (QED) is 0.579. The highest BCUT2D eigenvalue weighted by Gasteiger charge is 2.53. The number of nitrogens with zero attached hydrogens (tertiary/aromatic N) is 3. The highest BCUT2D eigenvalue weighted by Crippen LogP contribution is 2.36. The summed E-state index contributed by atoms with van der Waals surface area (Å²) in [7, 11) is 0. The van der Waals surface area contributed by atoms with Gasteiger partial charge in [-0.15, -0.1) is 0 Å². The number of Topliss-reactive ketones (excluding diaryl/α,β-unsaturated/α-hetero) is 1. The van der Waals surface area contributed by atoms with Gasteiger partial charge in [-0.05, 0) is 62.4 Å². The number of likely N-dealkylation sites (tertiary alicyclic amines) is 1. The summed E-state index contributed by atoms with van der Waals surface area (Å²) in [6.45, 7) is 10.1. The second-order valence-electron chi connectivity index (χ2n) is 11.2. The molecule has 4 atom stereocenters. The molecule has 4 aliphatic rings. The van der Waals surface area contributed by atoms with Crippen LogP contribution in [0.5, 0.6) is 0 Å². The topological polar surface area (TPSA) is 82.2 Å². The van der Waals surface area contributed by atoms with Gasteiger partial charge in [0.25, 0.3) is 5.91 Å². The summed E-state index contributed by atoms with van der Waals surface area (Å²) >= 11 is 0. The van der Waals surface area contributed by atoms with Gasteiger partial charge in [-0.3, -0.25) is 19.3 Å². The lowest BCUT2D eigenvalue weighted by Crippen LogP contribution is -2.54. The fourth-order valence-electron chi connectivity index (χ4n) is 6.79. The zero-order valence-corrected chi connectivity index (χ0v) is 22.4. The number of carbonyl (C=O) groups is 3. The molecule has 0 spiro atoms. The van der Waals surface area contributed by atoms with Gasteiger partial charge in [-0.25, -0.2) is 0 Å². The molecule has 1 aliphatic carbocycles. The molecule has 2 unspecified atom stereocenters. The van der Waals surface area contributed by atoms with E-state index in [1.165, 1.54) is 6.42 Å². The maximum absolute atomic E-state index is 13.9. The zero-order chi connectivity index (χ0) is 25.9. The third-order valence-electron chi connectivity index (χ3n) is 8.93. The fraction of sp³-hybridized carbons (Fsp3) is 0.690. The number of ether oxygens (including phenoxy) is 1. The zero-order valence-electron chi connectivity index (χ0n) is 22.4. The number of benzene rings is 1. The highest BCUT2D eigenvalue weighted by atomic mass is 16.5. The average Bonchev–Trinajstić information content (AvgIpc) is 3.67. The second-order valence-corrected chi connectivity index (χ2v) is 11.2. The molecular weight excluding hydrogens is 468 g/mol. The van der Waals surface area contributed by atoms with Crippen LogP contribution in [0.1, 0.15) is 62.7 Å².